The molecule has 0 heterocycles. The fourth-order valence-electron chi connectivity index (χ4n) is 3.14. The van der Waals surface area contributed by atoms with Gasteiger partial charge in [-0.25, -0.2) is 8.42 Å². The van der Waals surface area contributed by atoms with Crippen molar-refractivity contribution in [3.63, 3.8) is 0 Å². The number of nitrogens with one attached hydrogen (secondary N) is 1. The van der Waals surface area contributed by atoms with Crippen LogP contribution in [0, 0.1) is 0 Å². The highest BCUT2D eigenvalue weighted by atomic mass is 32.2. The maximum atomic E-state index is 13.1. The number of hydrogen-bond donors (Lipinski definition) is 1. The average molecular weight is 424 g/mol. The Kier molecular flexibility index (Phi) is 6.12. The zero-order chi connectivity index (χ0) is 21.9. The largest absolute Gasteiger partial charge is 0.377 e. The van der Waals surface area contributed by atoms with E-state index in [2.05, 4.69) is 5.32 Å². The van der Waals surface area contributed by atoms with Gasteiger partial charge in [0, 0.05) is 26.8 Å². The minimum absolute atomic E-state index is 0.312. The normalized spacial score (nSPS) is 11.1. The van der Waals surface area contributed by atoms with Crippen molar-refractivity contribution < 1.29 is 13.2 Å². The summed E-state index contributed by atoms with van der Waals surface area (Å²) >= 11 is 0. The zero-order valence-corrected chi connectivity index (χ0v) is 18.3. The Morgan fingerprint density at radius 1 is 0.800 bits per heavy atom. The molecular weight excluding hydrogens is 398 g/mol. The lowest BCUT2D eigenvalue weighted by atomic mass is 10.0. The third-order valence-electron chi connectivity index (χ3n) is 4.82. The van der Waals surface area contributed by atoms with E-state index >= 15 is 0 Å². The molecular formula is C23H25N3O3S. The molecule has 156 valence electrons. The number of amides is 1. The molecule has 0 aliphatic carbocycles. The molecule has 0 saturated carbocycles. The molecule has 0 unspecified atom stereocenters. The fraction of sp³-hybridized carbons (Fsp3) is 0.174. The standard InChI is InChI=1S/C23H25N3O3S/c1-25(2)21-13-9-8-12-19(21)23(27)24-20-16-18(17-10-6-5-7-11-17)14-15-22(20)26(3)30(4,28)29/h5-16H,1-4H3,(H,24,27). The second-order valence-electron chi connectivity index (χ2n) is 7.19. The molecule has 0 aliphatic rings. The van der Waals surface area contributed by atoms with Crippen molar-refractivity contribution in [1.82, 2.24) is 0 Å². The number of sulfonamides is 1. The van der Waals surface area contributed by atoms with Gasteiger partial charge in [0.1, 0.15) is 0 Å². The van der Waals surface area contributed by atoms with E-state index in [1.807, 2.05) is 67.5 Å². The van der Waals surface area contributed by atoms with E-state index in [-0.39, 0.29) is 5.91 Å². The van der Waals surface area contributed by atoms with Gasteiger partial charge in [-0.3, -0.25) is 9.10 Å². The monoisotopic (exact) mass is 423 g/mol. The Morgan fingerprint density at radius 2 is 1.43 bits per heavy atom. The lowest BCUT2D eigenvalue weighted by Gasteiger charge is -2.22. The average Bonchev–Trinajstić information content (AvgIpc) is 2.73. The molecule has 0 spiro atoms. The molecule has 0 aromatic heterocycles. The first-order chi connectivity index (χ1) is 14.2. The Morgan fingerprint density at radius 3 is 2.07 bits per heavy atom. The SMILES string of the molecule is CN(C)c1ccccc1C(=O)Nc1cc(-c2ccccc2)ccc1N(C)S(C)(=O)=O. The van der Waals surface area contributed by atoms with Crippen molar-refractivity contribution in [1.29, 1.82) is 0 Å². The second-order valence-corrected chi connectivity index (χ2v) is 9.21. The van der Waals surface area contributed by atoms with Crippen LogP contribution in [0.3, 0.4) is 0 Å². The Labute approximate surface area is 177 Å². The lowest BCUT2D eigenvalue weighted by Crippen LogP contribution is -2.26. The topological polar surface area (TPSA) is 69.7 Å². The Bertz CT molecular complexity index is 1160. The third kappa shape index (κ3) is 4.63. The number of benzene rings is 3. The molecule has 0 atom stereocenters. The van der Waals surface area contributed by atoms with Crippen LogP contribution in [-0.2, 0) is 10.0 Å². The third-order valence-corrected chi connectivity index (χ3v) is 6.01. The van der Waals surface area contributed by atoms with Gasteiger partial charge in [0.2, 0.25) is 10.0 Å². The number of hydrogen-bond acceptors (Lipinski definition) is 4. The van der Waals surface area contributed by atoms with E-state index in [4.69, 9.17) is 0 Å². The smallest absolute Gasteiger partial charge is 0.257 e. The summed E-state index contributed by atoms with van der Waals surface area (Å²) in [5.74, 6) is -0.312. The summed E-state index contributed by atoms with van der Waals surface area (Å²) in [6.45, 7) is 0. The lowest BCUT2D eigenvalue weighted by molar-refractivity contribution is 0.102. The van der Waals surface area contributed by atoms with Crippen molar-refractivity contribution in [2.24, 2.45) is 0 Å². The second kappa shape index (κ2) is 8.59. The number of carbonyl (C=O) groups excluding carboxylic acids is 1. The molecule has 0 aliphatic heterocycles. The van der Waals surface area contributed by atoms with Crippen molar-refractivity contribution in [3.05, 3.63) is 78.4 Å². The van der Waals surface area contributed by atoms with Crippen molar-refractivity contribution >= 4 is 33.0 Å². The highest BCUT2D eigenvalue weighted by Crippen LogP contribution is 2.33. The molecule has 0 saturated heterocycles. The maximum absolute atomic E-state index is 13.1. The van der Waals surface area contributed by atoms with Crippen molar-refractivity contribution in [3.8, 4) is 11.1 Å². The molecule has 1 N–H and O–H groups in total. The molecule has 3 rings (SSSR count). The number of rotatable bonds is 6. The summed E-state index contributed by atoms with van der Waals surface area (Å²) in [6, 6.07) is 22.3. The van der Waals surface area contributed by atoms with E-state index in [0.717, 1.165) is 27.4 Å². The molecule has 3 aromatic rings. The van der Waals surface area contributed by atoms with E-state index in [0.29, 0.717) is 16.9 Å². The quantitative estimate of drug-likeness (QED) is 0.649. The van der Waals surface area contributed by atoms with Gasteiger partial charge in [0.15, 0.2) is 0 Å². The van der Waals surface area contributed by atoms with E-state index in [1.165, 1.54) is 7.05 Å². The van der Waals surface area contributed by atoms with E-state index < -0.39 is 10.0 Å². The molecule has 30 heavy (non-hydrogen) atoms. The van der Waals surface area contributed by atoms with Crippen LogP contribution < -0.4 is 14.5 Å². The van der Waals surface area contributed by atoms with Gasteiger partial charge in [-0.15, -0.1) is 0 Å². The van der Waals surface area contributed by atoms with Gasteiger partial charge in [-0.05, 0) is 35.4 Å². The van der Waals surface area contributed by atoms with Crippen LogP contribution in [0.1, 0.15) is 10.4 Å². The molecule has 3 aromatic carbocycles. The van der Waals surface area contributed by atoms with Crippen LogP contribution >= 0.6 is 0 Å². The zero-order valence-electron chi connectivity index (χ0n) is 17.5. The van der Waals surface area contributed by atoms with Gasteiger partial charge in [-0.2, -0.15) is 0 Å². The minimum Gasteiger partial charge on any atom is -0.377 e. The molecule has 1 amide bonds. The van der Waals surface area contributed by atoms with Gasteiger partial charge in [-0.1, -0.05) is 48.5 Å². The molecule has 0 bridgehead atoms. The van der Waals surface area contributed by atoms with Crippen molar-refractivity contribution in [2.75, 3.05) is 41.9 Å². The summed E-state index contributed by atoms with van der Waals surface area (Å²) in [4.78, 5) is 15.0. The molecule has 0 fully saturated rings. The van der Waals surface area contributed by atoms with Crippen LogP contribution in [0.4, 0.5) is 17.1 Å². The maximum Gasteiger partial charge on any atom is 0.257 e. The first-order valence-electron chi connectivity index (χ1n) is 9.39. The van der Waals surface area contributed by atoms with E-state index in [1.54, 1.807) is 24.3 Å². The highest BCUT2D eigenvalue weighted by Gasteiger charge is 2.20. The van der Waals surface area contributed by atoms with Crippen LogP contribution in [0.25, 0.3) is 11.1 Å². The number of para-hydroxylation sites is 1. The van der Waals surface area contributed by atoms with Gasteiger partial charge < -0.3 is 10.2 Å². The molecule has 7 heteroatoms. The Balaban J connectivity index is 2.08. The van der Waals surface area contributed by atoms with E-state index in [9.17, 15) is 13.2 Å². The number of carbonyl (C=O) groups is 1. The van der Waals surface area contributed by atoms with Crippen LogP contribution in [0.2, 0.25) is 0 Å². The van der Waals surface area contributed by atoms with Crippen LogP contribution in [0.15, 0.2) is 72.8 Å². The minimum atomic E-state index is -3.50. The predicted octanol–water partition coefficient (Wildman–Crippen LogP) is 4.07. The summed E-state index contributed by atoms with van der Waals surface area (Å²) in [6.07, 6.45) is 1.13. The Hall–Kier alpha value is -3.32. The number of nitrogens with zero attached hydrogens (tertiary/aromatic N) is 2. The van der Waals surface area contributed by atoms with Crippen molar-refractivity contribution in [2.45, 2.75) is 0 Å². The summed E-state index contributed by atoms with van der Waals surface area (Å²) < 4.78 is 25.5. The summed E-state index contributed by atoms with van der Waals surface area (Å²) in [5, 5.41) is 2.91. The van der Waals surface area contributed by atoms with Crippen LogP contribution in [0.5, 0.6) is 0 Å². The van der Waals surface area contributed by atoms with Crippen LogP contribution in [-0.4, -0.2) is 41.7 Å². The predicted molar refractivity (Wildman–Crippen MR) is 124 cm³/mol. The first-order valence-corrected chi connectivity index (χ1v) is 11.2. The van der Waals surface area contributed by atoms with Gasteiger partial charge >= 0.3 is 0 Å². The highest BCUT2D eigenvalue weighted by molar-refractivity contribution is 7.92. The fourth-order valence-corrected chi connectivity index (χ4v) is 3.66. The van der Waals surface area contributed by atoms with Gasteiger partial charge in [0.25, 0.3) is 5.91 Å². The summed E-state index contributed by atoms with van der Waals surface area (Å²) in [5.41, 5.74) is 3.93. The van der Waals surface area contributed by atoms with Gasteiger partial charge in [0.05, 0.1) is 23.2 Å². The number of anilines is 3. The molecule has 0 radical (unpaired) electrons. The summed E-state index contributed by atoms with van der Waals surface area (Å²) in [7, 11) is 1.70. The first kappa shape index (κ1) is 21.4. The molecule has 6 nitrogen and oxygen atoms in total.